The number of amides is 1. The molecule has 0 aliphatic heterocycles. The highest BCUT2D eigenvalue weighted by atomic mass is 16.2. The zero-order valence-electron chi connectivity index (χ0n) is 16.2. The molecule has 4 aromatic rings. The minimum Gasteiger partial charge on any atom is -0.344 e. The Kier molecular flexibility index (Phi) is 4.22. The van der Waals surface area contributed by atoms with Gasteiger partial charge in [0.05, 0.1) is 17.1 Å². The van der Waals surface area contributed by atoms with Gasteiger partial charge in [-0.15, -0.1) is 5.10 Å². The van der Waals surface area contributed by atoms with Gasteiger partial charge >= 0.3 is 0 Å². The Morgan fingerprint density at radius 2 is 1.82 bits per heavy atom. The van der Waals surface area contributed by atoms with E-state index in [4.69, 9.17) is 0 Å². The monoisotopic (exact) mass is 375 g/mol. The number of carbonyl (C=O) groups is 1. The van der Waals surface area contributed by atoms with E-state index in [0.717, 1.165) is 22.3 Å². The predicted molar refractivity (Wildman–Crippen MR) is 108 cm³/mol. The highest BCUT2D eigenvalue weighted by Crippen LogP contribution is 2.20. The fourth-order valence-corrected chi connectivity index (χ4v) is 3.58. The second-order valence-corrected chi connectivity index (χ2v) is 7.23. The molecule has 1 amide bonds. The third-order valence-corrected chi connectivity index (χ3v) is 4.97. The van der Waals surface area contributed by atoms with Crippen LogP contribution in [-0.4, -0.2) is 25.7 Å². The van der Waals surface area contributed by atoms with Crippen LogP contribution in [0.1, 0.15) is 45.7 Å². The largest absolute Gasteiger partial charge is 0.344 e. The molecule has 142 valence electrons. The van der Waals surface area contributed by atoms with Crippen LogP contribution in [-0.2, 0) is 0 Å². The number of aromatic nitrogens is 4. The highest BCUT2D eigenvalue weighted by Gasteiger charge is 2.22. The summed E-state index contributed by atoms with van der Waals surface area (Å²) >= 11 is 0. The van der Waals surface area contributed by atoms with Gasteiger partial charge < -0.3 is 10.3 Å². The lowest BCUT2D eigenvalue weighted by atomic mass is 10.0. The van der Waals surface area contributed by atoms with Gasteiger partial charge in [-0.2, -0.15) is 0 Å². The topological polar surface area (TPSA) is 92.2 Å². The molecule has 0 aliphatic carbocycles. The number of hydrogen-bond donors (Lipinski definition) is 2. The molecule has 2 heterocycles. The average molecular weight is 375 g/mol. The zero-order chi connectivity index (χ0) is 20.0. The lowest BCUT2D eigenvalue weighted by molar-refractivity contribution is 0.0936. The number of nitrogens with one attached hydrogen (secondary N) is 2. The second kappa shape index (κ2) is 6.60. The van der Waals surface area contributed by atoms with Gasteiger partial charge in [-0.1, -0.05) is 35.0 Å². The standard InChI is InChI=1S/C21H21N5O2/c1-11-5-7-15(13(3)9-11)14(4)22-20(27)18-19-21(28)23-16-10-12(2)6-8-17(16)26(19)25-24-18/h5-10,14H,1-4H3,(H,22,27)(H,23,28)/t14-/m0/s1. The smallest absolute Gasteiger partial charge is 0.277 e. The van der Waals surface area contributed by atoms with Crippen molar-refractivity contribution in [3.63, 3.8) is 0 Å². The quantitative estimate of drug-likeness (QED) is 0.576. The van der Waals surface area contributed by atoms with Gasteiger partial charge in [0.1, 0.15) is 0 Å². The lowest BCUT2D eigenvalue weighted by Crippen LogP contribution is -2.28. The molecule has 2 aromatic heterocycles. The Labute approximate surface area is 161 Å². The maximum Gasteiger partial charge on any atom is 0.277 e. The van der Waals surface area contributed by atoms with Crippen molar-refractivity contribution < 1.29 is 4.79 Å². The number of fused-ring (bicyclic) bond motifs is 3. The fourth-order valence-electron chi connectivity index (χ4n) is 3.58. The van der Waals surface area contributed by atoms with Crippen molar-refractivity contribution in [3.8, 4) is 0 Å². The predicted octanol–water partition coefficient (Wildman–Crippen LogP) is 2.99. The van der Waals surface area contributed by atoms with Crippen LogP contribution in [0.15, 0.2) is 41.2 Å². The van der Waals surface area contributed by atoms with E-state index in [0.29, 0.717) is 11.0 Å². The maximum atomic E-state index is 12.8. The van der Waals surface area contributed by atoms with Crippen molar-refractivity contribution in [2.75, 3.05) is 0 Å². The Morgan fingerprint density at radius 1 is 1.11 bits per heavy atom. The molecule has 4 rings (SSSR count). The molecule has 0 saturated carbocycles. The highest BCUT2D eigenvalue weighted by molar-refractivity contribution is 5.99. The number of aromatic amines is 1. The van der Waals surface area contributed by atoms with Gasteiger partial charge in [0.2, 0.25) is 0 Å². The molecular formula is C21H21N5O2. The molecule has 0 spiro atoms. The molecule has 28 heavy (non-hydrogen) atoms. The van der Waals surface area contributed by atoms with Crippen LogP contribution in [0.2, 0.25) is 0 Å². The summed E-state index contributed by atoms with van der Waals surface area (Å²) in [6.07, 6.45) is 0. The molecule has 0 fully saturated rings. The average Bonchev–Trinajstić information content (AvgIpc) is 3.07. The second-order valence-electron chi connectivity index (χ2n) is 7.23. The molecule has 0 bridgehead atoms. The van der Waals surface area contributed by atoms with Crippen LogP contribution in [0.5, 0.6) is 0 Å². The van der Waals surface area contributed by atoms with E-state index in [1.165, 1.54) is 4.52 Å². The lowest BCUT2D eigenvalue weighted by Gasteiger charge is -2.16. The number of aryl methyl sites for hydroxylation is 3. The third kappa shape index (κ3) is 2.94. The minimum absolute atomic E-state index is 0.0142. The van der Waals surface area contributed by atoms with Crippen molar-refractivity contribution in [2.45, 2.75) is 33.7 Å². The van der Waals surface area contributed by atoms with Crippen LogP contribution in [0.4, 0.5) is 0 Å². The van der Waals surface area contributed by atoms with Gasteiger partial charge in [-0.3, -0.25) is 9.59 Å². The van der Waals surface area contributed by atoms with E-state index in [1.807, 2.05) is 58.0 Å². The SMILES string of the molecule is Cc1ccc([C@H](C)NC(=O)c2nnn3c2c(=O)[nH]c2cc(C)ccc23)c(C)c1. The summed E-state index contributed by atoms with van der Waals surface area (Å²) in [5.74, 6) is -0.431. The van der Waals surface area contributed by atoms with Crippen LogP contribution in [0, 0.1) is 20.8 Å². The fraction of sp³-hybridized carbons (Fsp3) is 0.238. The van der Waals surface area contributed by atoms with Crippen molar-refractivity contribution in [1.29, 1.82) is 0 Å². The zero-order valence-corrected chi connectivity index (χ0v) is 16.2. The number of carbonyl (C=O) groups excluding carboxylic acids is 1. The summed E-state index contributed by atoms with van der Waals surface area (Å²) in [4.78, 5) is 28.3. The molecule has 1 atom stereocenters. The summed E-state index contributed by atoms with van der Waals surface area (Å²) in [5.41, 5.74) is 5.40. The van der Waals surface area contributed by atoms with Gasteiger partial charge in [-0.05, 0) is 56.5 Å². The van der Waals surface area contributed by atoms with Crippen LogP contribution in [0.25, 0.3) is 16.6 Å². The number of rotatable bonds is 3. The van der Waals surface area contributed by atoms with Crippen LogP contribution >= 0.6 is 0 Å². The summed E-state index contributed by atoms with van der Waals surface area (Å²) in [6, 6.07) is 11.5. The minimum atomic E-state index is -0.431. The maximum absolute atomic E-state index is 12.8. The molecule has 0 radical (unpaired) electrons. The first-order valence-corrected chi connectivity index (χ1v) is 9.11. The third-order valence-electron chi connectivity index (χ3n) is 4.97. The van der Waals surface area contributed by atoms with E-state index in [1.54, 1.807) is 0 Å². The van der Waals surface area contributed by atoms with Gasteiger partial charge in [-0.25, -0.2) is 4.52 Å². The number of H-pyrrole nitrogens is 1. The first-order chi connectivity index (χ1) is 13.3. The van der Waals surface area contributed by atoms with Gasteiger partial charge in [0.25, 0.3) is 11.5 Å². The first-order valence-electron chi connectivity index (χ1n) is 9.11. The van der Waals surface area contributed by atoms with E-state index >= 15 is 0 Å². The Bertz CT molecular complexity index is 1290. The Hall–Kier alpha value is -3.48. The van der Waals surface area contributed by atoms with Gasteiger partial charge in [0.15, 0.2) is 11.2 Å². The van der Waals surface area contributed by atoms with E-state index in [2.05, 4.69) is 26.7 Å². The summed E-state index contributed by atoms with van der Waals surface area (Å²) in [6.45, 7) is 7.89. The van der Waals surface area contributed by atoms with Crippen molar-refractivity contribution in [1.82, 2.24) is 25.1 Å². The van der Waals surface area contributed by atoms with Crippen LogP contribution in [0.3, 0.4) is 0 Å². The summed E-state index contributed by atoms with van der Waals surface area (Å²) in [7, 11) is 0. The van der Waals surface area contributed by atoms with Crippen molar-refractivity contribution >= 4 is 22.5 Å². The molecule has 2 N–H and O–H groups in total. The molecule has 0 saturated heterocycles. The molecule has 0 unspecified atom stereocenters. The number of benzene rings is 2. The first kappa shape index (κ1) is 17.9. The molecule has 2 aromatic carbocycles. The number of nitrogens with zero attached hydrogens (tertiary/aromatic N) is 3. The van der Waals surface area contributed by atoms with E-state index < -0.39 is 11.5 Å². The number of hydrogen-bond acceptors (Lipinski definition) is 4. The summed E-state index contributed by atoms with van der Waals surface area (Å²) < 4.78 is 1.42. The molecule has 7 heteroatoms. The summed E-state index contributed by atoms with van der Waals surface area (Å²) in [5, 5.41) is 11.0. The van der Waals surface area contributed by atoms with Gasteiger partial charge in [0, 0.05) is 0 Å². The van der Waals surface area contributed by atoms with Crippen LogP contribution < -0.4 is 10.9 Å². The Balaban J connectivity index is 1.73. The van der Waals surface area contributed by atoms with Crippen molar-refractivity contribution in [2.24, 2.45) is 0 Å². The van der Waals surface area contributed by atoms with E-state index in [-0.39, 0.29) is 17.3 Å². The normalized spacial score (nSPS) is 12.4. The molecule has 7 nitrogen and oxygen atoms in total. The van der Waals surface area contributed by atoms with Crippen molar-refractivity contribution in [3.05, 3.63) is 74.7 Å². The van der Waals surface area contributed by atoms with E-state index in [9.17, 15) is 9.59 Å². The molecular weight excluding hydrogens is 354 g/mol. The molecule has 0 aliphatic rings. The Morgan fingerprint density at radius 3 is 2.57 bits per heavy atom.